The molecule has 0 saturated heterocycles. The molecule has 0 heterocycles. The largest absolute Gasteiger partial charge is 0.346 e. The molecule has 0 saturated carbocycles. The zero-order valence-corrected chi connectivity index (χ0v) is 17.6. The highest BCUT2D eigenvalue weighted by molar-refractivity contribution is 7.33. The van der Waals surface area contributed by atoms with Gasteiger partial charge in [-0.25, -0.2) is 0 Å². The van der Waals surface area contributed by atoms with Gasteiger partial charge in [0.05, 0.1) is 0 Å². The second kappa shape index (κ2) is 9.15. The van der Waals surface area contributed by atoms with Crippen LogP contribution in [0, 0.1) is 0 Å². The van der Waals surface area contributed by atoms with Crippen molar-refractivity contribution in [3.8, 4) is 0 Å². The third kappa shape index (κ3) is 12.0. The van der Waals surface area contributed by atoms with Crippen LogP contribution in [-0.2, 0) is 0 Å². The molecule has 0 N–H and O–H groups in total. The molecule has 0 aliphatic heterocycles. The molecule has 0 radical (unpaired) electrons. The predicted octanol–water partition coefficient (Wildman–Crippen LogP) is 5.07. The van der Waals surface area contributed by atoms with E-state index in [1.165, 1.54) is 13.0 Å². The van der Waals surface area contributed by atoms with Gasteiger partial charge in [-0.15, -0.1) is 0 Å². The molecule has 0 rings (SSSR count). The Hall–Kier alpha value is 1.19. The summed E-state index contributed by atoms with van der Waals surface area (Å²) >= 11 is 10.7. The fourth-order valence-corrected chi connectivity index (χ4v) is 11.7. The van der Waals surface area contributed by atoms with E-state index < -0.39 is 23.9 Å². The zero-order chi connectivity index (χ0) is 14.3. The summed E-state index contributed by atoms with van der Waals surface area (Å²) in [4.78, 5) is 0. The van der Waals surface area contributed by atoms with Gasteiger partial charge in [-0.3, -0.25) is 0 Å². The fraction of sp³-hybridized carbons (Fsp3) is 1.00. The Kier molecular flexibility index (Phi) is 11.0. The fourth-order valence-electron chi connectivity index (χ4n) is 1.90. The predicted molar refractivity (Wildman–Crippen MR) is 93.0 cm³/mol. The number of hydrogen-bond acceptors (Lipinski definition) is 1. The lowest BCUT2D eigenvalue weighted by atomic mass is 10.5. The molecular weight excluding hydrogens is 301 g/mol. The van der Waals surface area contributed by atoms with E-state index in [1.807, 2.05) is 6.92 Å². The summed E-state index contributed by atoms with van der Waals surface area (Å²) in [5.41, 5.74) is 0. The summed E-state index contributed by atoms with van der Waals surface area (Å²) in [6.45, 7) is 20.3. The Morgan fingerprint density at radius 2 is 1.18 bits per heavy atom. The molecule has 1 nitrogen and oxygen atoms in total. The molecule has 0 fully saturated rings. The van der Waals surface area contributed by atoms with Gasteiger partial charge in [-0.1, -0.05) is 53.1 Å². The third-order valence-electron chi connectivity index (χ3n) is 2.38. The van der Waals surface area contributed by atoms with E-state index in [-0.39, 0.29) is 0 Å². The Bertz CT molecular complexity index is 174. The Morgan fingerprint density at radius 1 is 0.882 bits per heavy atom. The van der Waals surface area contributed by atoms with Gasteiger partial charge in [0.15, 0.2) is 0 Å². The summed E-state index contributed by atoms with van der Waals surface area (Å²) in [7, 11) is -3.30. The van der Waals surface area contributed by atoms with Crippen molar-refractivity contribution in [2.75, 3.05) is 6.54 Å². The maximum atomic E-state index is 5.37. The van der Waals surface area contributed by atoms with E-state index in [2.05, 4.69) is 50.4 Å². The minimum absolute atomic E-state index is 0.975. The number of rotatable bonds is 5. The second-order valence-corrected chi connectivity index (χ2v) is 21.9. The van der Waals surface area contributed by atoms with Crippen LogP contribution < -0.4 is 0 Å². The van der Waals surface area contributed by atoms with E-state index in [4.69, 9.17) is 22.2 Å². The quantitative estimate of drug-likeness (QED) is 0.502. The molecule has 0 aliphatic carbocycles. The Balaban J connectivity index is 0. The lowest BCUT2D eigenvalue weighted by Gasteiger charge is -2.43. The Labute approximate surface area is 122 Å². The van der Waals surface area contributed by atoms with Crippen molar-refractivity contribution in [3.63, 3.8) is 0 Å². The smallest absolute Gasteiger partial charge is 0.236 e. The first-order chi connectivity index (χ1) is 7.46. The SMILES string of the molecule is CCCN([Si](C)(C)C)[Si](C)(C)C.CC[SiH](Cl)Cl. The molecule has 0 spiro atoms. The van der Waals surface area contributed by atoms with E-state index in [1.54, 1.807) is 0 Å². The summed E-state index contributed by atoms with van der Waals surface area (Å²) in [6, 6.07) is 0.975. The highest BCUT2D eigenvalue weighted by atomic mass is 35.7. The first-order valence-electron chi connectivity index (χ1n) is 6.52. The molecule has 0 aromatic heterocycles. The number of halogens is 2. The minimum atomic E-state index is -1.21. The van der Waals surface area contributed by atoms with Crippen LogP contribution >= 0.6 is 22.2 Å². The van der Waals surface area contributed by atoms with Crippen molar-refractivity contribution in [1.29, 1.82) is 0 Å². The molecule has 0 aromatic carbocycles. The molecular formula is C11H31Cl2NSi3. The molecule has 0 aromatic rings. The van der Waals surface area contributed by atoms with Crippen LogP contribution in [0.4, 0.5) is 0 Å². The molecule has 0 aliphatic rings. The van der Waals surface area contributed by atoms with Gasteiger partial charge >= 0.3 is 0 Å². The van der Waals surface area contributed by atoms with Gasteiger partial charge in [-0.05, 0) is 19.0 Å². The molecule has 0 atom stereocenters. The zero-order valence-electron chi connectivity index (χ0n) is 12.9. The van der Waals surface area contributed by atoms with Crippen molar-refractivity contribution < 1.29 is 0 Å². The van der Waals surface area contributed by atoms with Gasteiger partial charge in [-0.2, -0.15) is 22.2 Å². The summed E-state index contributed by atoms with van der Waals surface area (Å²) in [5, 5.41) is 0. The highest BCUT2D eigenvalue weighted by Crippen LogP contribution is 2.19. The summed E-state index contributed by atoms with van der Waals surface area (Å²) in [6.07, 6.45) is 1.30. The lowest BCUT2D eigenvalue weighted by molar-refractivity contribution is 0.602. The highest BCUT2D eigenvalue weighted by Gasteiger charge is 2.33. The maximum Gasteiger partial charge on any atom is 0.236 e. The first-order valence-corrected chi connectivity index (χ1v) is 17.7. The van der Waals surface area contributed by atoms with Gasteiger partial charge in [0.1, 0.15) is 16.5 Å². The van der Waals surface area contributed by atoms with Crippen LogP contribution in [0.1, 0.15) is 20.3 Å². The van der Waals surface area contributed by atoms with Gasteiger partial charge in [0, 0.05) is 0 Å². The van der Waals surface area contributed by atoms with E-state index in [9.17, 15) is 0 Å². The maximum absolute atomic E-state index is 5.37. The first kappa shape index (κ1) is 20.5. The van der Waals surface area contributed by atoms with Crippen molar-refractivity contribution in [2.45, 2.75) is 65.6 Å². The van der Waals surface area contributed by atoms with Crippen molar-refractivity contribution in [2.24, 2.45) is 0 Å². The van der Waals surface area contributed by atoms with Crippen molar-refractivity contribution in [3.05, 3.63) is 0 Å². The van der Waals surface area contributed by atoms with Crippen LogP contribution in [0.25, 0.3) is 0 Å². The molecule has 17 heavy (non-hydrogen) atoms. The van der Waals surface area contributed by atoms with E-state index >= 15 is 0 Å². The molecule has 0 amide bonds. The van der Waals surface area contributed by atoms with Crippen LogP contribution in [0.5, 0.6) is 0 Å². The molecule has 0 bridgehead atoms. The van der Waals surface area contributed by atoms with Gasteiger partial charge in [0.2, 0.25) is 7.42 Å². The number of nitrogens with zero attached hydrogens (tertiary/aromatic N) is 1. The van der Waals surface area contributed by atoms with Gasteiger partial charge < -0.3 is 4.23 Å². The van der Waals surface area contributed by atoms with Crippen LogP contribution in [0.2, 0.25) is 45.3 Å². The normalized spacial score (nSPS) is 12.7. The summed E-state index contributed by atoms with van der Waals surface area (Å²) < 4.78 is 2.83. The lowest BCUT2D eigenvalue weighted by Crippen LogP contribution is -2.59. The van der Waals surface area contributed by atoms with Crippen molar-refractivity contribution >= 4 is 46.0 Å². The average Bonchev–Trinajstić information content (AvgIpc) is 2.11. The minimum Gasteiger partial charge on any atom is -0.346 e. The molecule has 106 valence electrons. The second-order valence-electron chi connectivity index (χ2n) is 6.29. The molecule has 6 heteroatoms. The van der Waals surface area contributed by atoms with Crippen LogP contribution in [0.15, 0.2) is 0 Å². The van der Waals surface area contributed by atoms with Crippen LogP contribution in [0.3, 0.4) is 0 Å². The number of hydrogen-bond donors (Lipinski definition) is 0. The standard InChI is InChI=1S/C9H25NSi2.C2H6Cl2Si/c1-8-9-10(11(2,3)4)12(5,6)7;1-2-5(3)4/h8-9H2,1-7H3;5H,2H2,1H3. The van der Waals surface area contributed by atoms with Gasteiger partial charge in [0.25, 0.3) is 0 Å². The van der Waals surface area contributed by atoms with Crippen molar-refractivity contribution in [1.82, 2.24) is 4.23 Å². The summed E-state index contributed by atoms with van der Waals surface area (Å²) in [5.74, 6) is 0. The van der Waals surface area contributed by atoms with E-state index in [0.717, 1.165) is 6.04 Å². The Morgan fingerprint density at radius 3 is 1.24 bits per heavy atom. The topological polar surface area (TPSA) is 3.24 Å². The molecule has 0 unspecified atom stereocenters. The average molecular weight is 333 g/mol. The monoisotopic (exact) mass is 331 g/mol. The van der Waals surface area contributed by atoms with E-state index in [0.29, 0.717) is 0 Å². The third-order valence-corrected chi connectivity index (χ3v) is 12.6. The van der Waals surface area contributed by atoms with Crippen LogP contribution in [-0.4, -0.2) is 34.7 Å².